The Bertz CT molecular complexity index is 588. The Labute approximate surface area is 146 Å². The van der Waals surface area contributed by atoms with Gasteiger partial charge in [-0.15, -0.1) is 0 Å². The van der Waals surface area contributed by atoms with Gasteiger partial charge in [-0.3, -0.25) is 0 Å². The first-order valence-electron chi connectivity index (χ1n) is 6.60. The molecule has 10 heteroatoms. The van der Waals surface area contributed by atoms with Gasteiger partial charge in [0.25, 0.3) is 0 Å². The van der Waals surface area contributed by atoms with Crippen LogP contribution in [0.2, 0.25) is 0 Å². The first-order valence-corrected chi connectivity index (χ1v) is 7.68. The van der Waals surface area contributed by atoms with Crippen molar-refractivity contribution >= 4 is 28.6 Å². The second-order valence-electron chi connectivity index (χ2n) is 4.99. The van der Waals surface area contributed by atoms with Gasteiger partial charge in [0.2, 0.25) is 0 Å². The van der Waals surface area contributed by atoms with E-state index in [-0.39, 0.29) is 28.9 Å². The molecule has 2 nitrogen and oxygen atoms in total. The van der Waals surface area contributed by atoms with Crippen LogP contribution in [-0.4, -0.2) is 24.0 Å². The maximum atomic E-state index is 13.7. The molecule has 0 aromatic heterocycles. The average Bonchev–Trinajstić information content (AvgIpc) is 2.36. The third-order valence-corrected chi connectivity index (χ3v) is 4.12. The molecule has 0 atom stereocenters. The summed E-state index contributed by atoms with van der Waals surface area (Å²) in [6, 6.07) is 0. The second-order valence-corrected chi connectivity index (χ2v) is 6.16. The van der Waals surface area contributed by atoms with Crippen LogP contribution < -0.4 is 5.11 Å². The molecule has 0 N–H and O–H groups in total. The largest absolute Gasteiger partial charge is 0.545 e. The van der Waals surface area contributed by atoms with Crippen molar-refractivity contribution in [1.82, 2.24) is 0 Å². The highest BCUT2D eigenvalue weighted by atomic mass is 127. The third-order valence-electron chi connectivity index (χ3n) is 3.16. The molecule has 0 fully saturated rings. The summed E-state index contributed by atoms with van der Waals surface area (Å²) in [5.74, 6) is -12.0. The lowest BCUT2D eigenvalue weighted by atomic mass is 9.89. The summed E-state index contributed by atoms with van der Waals surface area (Å²) in [6.45, 7) is 0. The lowest BCUT2D eigenvalue weighted by Crippen LogP contribution is -2.49. The molecule has 0 heterocycles. The minimum absolute atomic E-state index is 0.0251. The lowest BCUT2D eigenvalue weighted by molar-refractivity contribution is -0.304. The van der Waals surface area contributed by atoms with Crippen LogP contribution in [0, 0.1) is 0 Å². The number of carboxylic acid groups (broad SMARTS) is 1. The molecule has 0 radical (unpaired) electrons. The van der Waals surface area contributed by atoms with Gasteiger partial charge in [0, 0.05) is 16.1 Å². The Kier molecular flexibility index (Phi) is 6.50. The Morgan fingerprint density at radius 2 is 1.71 bits per heavy atom. The van der Waals surface area contributed by atoms with Crippen molar-refractivity contribution in [3.05, 3.63) is 33.0 Å². The zero-order valence-corrected chi connectivity index (χ0v) is 14.1. The van der Waals surface area contributed by atoms with Crippen LogP contribution in [0.25, 0.3) is 0 Å². The van der Waals surface area contributed by atoms with E-state index in [0.717, 1.165) is 0 Å². The number of carbonyl (C=O) groups excluding carboxylic acids is 1. The van der Waals surface area contributed by atoms with Crippen LogP contribution >= 0.6 is 22.6 Å². The van der Waals surface area contributed by atoms with E-state index in [4.69, 9.17) is 0 Å². The molecule has 1 aliphatic rings. The van der Waals surface area contributed by atoms with Crippen LogP contribution in [0.5, 0.6) is 0 Å². The average molecular weight is 471 g/mol. The number of carbonyl (C=O) groups is 1. The summed E-state index contributed by atoms with van der Waals surface area (Å²) in [5.41, 5.74) is -2.30. The molecule has 0 amide bonds. The highest BCUT2D eigenvalue weighted by Crippen LogP contribution is 2.49. The van der Waals surface area contributed by atoms with E-state index in [2.05, 4.69) is 0 Å². The van der Waals surface area contributed by atoms with Crippen LogP contribution in [0.3, 0.4) is 0 Å². The van der Waals surface area contributed by atoms with Crippen LogP contribution in [0.15, 0.2) is 33.0 Å². The van der Waals surface area contributed by atoms with Gasteiger partial charge in [-0.05, 0) is 47.4 Å². The van der Waals surface area contributed by atoms with Gasteiger partial charge in [-0.2, -0.15) is 30.7 Å². The molecule has 1 aliphatic carbocycles. The van der Waals surface area contributed by atoms with Gasteiger partial charge >= 0.3 is 18.0 Å². The molecule has 136 valence electrons. The zero-order chi connectivity index (χ0) is 18.8. The van der Waals surface area contributed by atoms with E-state index in [1.807, 2.05) is 0 Å². The Hall–Kier alpha value is -1.07. The molecule has 0 aromatic rings. The molecule has 0 unspecified atom stereocenters. The maximum Gasteiger partial charge on any atom is 0.389 e. The topological polar surface area (TPSA) is 40.1 Å². The van der Waals surface area contributed by atoms with Crippen molar-refractivity contribution in [3.63, 3.8) is 0 Å². The van der Waals surface area contributed by atoms with Crippen molar-refractivity contribution in [2.24, 2.45) is 0 Å². The predicted octanol–water partition coefficient (Wildman–Crippen LogP) is 4.31. The molecular weight excluding hydrogens is 460 g/mol. The first kappa shape index (κ1) is 21.0. The van der Waals surface area contributed by atoms with Gasteiger partial charge < -0.3 is 9.90 Å². The number of allylic oxidation sites excluding steroid dienone is 5. The molecule has 0 saturated heterocycles. The summed E-state index contributed by atoms with van der Waals surface area (Å²) < 4.78 is 89.4. The van der Waals surface area contributed by atoms with E-state index in [1.54, 1.807) is 0 Å². The van der Waals surface area contributed by atoms with Gasteiger partial charge in [-0.1, -0.05) is 12.2 Å². The van der Waals surface area contributed by atoms with Crippen LogP contribution in [0.1, 0.15) is 25.7 Å². The Morgan fingerprint density at radius 1 is 1.17 bits per heavy atom. The fourth-order valence-corrected chi connectivity index (χ4v) is 2.95. The lowest BCUT2D eigenvalue weighted by Gasteiger charge is -2.33. The van der Waals surface area contributed by atoms with Crippen molar-refractivity contribution in [1.29, 1.82) is 0 Å². The van der Waals surface area contributed by atoms with Crippen LogP contribution in [-0.2, 0) is 4.79 Å². The second kappa shape index (κ2) is 7.44. The summed E-state index contributed by atoms with van der Waals surface area (Å²) in [6.07, 6.45) is -3.74. The molecule has 24 heavy (non-hydrogen) atoms. The number of hydrogen-bond donors (Lipinski definition) is 0. The molecule has 1 rings (SSSR count). The van der Waals surface area contributed by atoms with Gasteiger partial charge in [0.15, 0.2) is 0 Å². The number of aliphatic carboxylic acids is 1. The van der Waals surface area contributed by atoms with Crippen molar-refractivity contribution in [3.8, 4) is 0 Å². The number of alkyl halides is 7. The van der Waals surface area contributed by atoms with E-state index in [1.165, 1.54) is 34.7 Å². The SMILES string of the molecule is O=C([O-])C1=C(CCC=CCCC(F)(F)F)C(I)=CC(F)(F)C1(F)F. The fourth-order valence-electron chi connectivity index (χ4n) is 2.02. The number of carboxylic acids is 1. The summed E-state index contributed by atoms with van der Waals surface area (Å²) in [7, 11) is 0. The third kappa shape index (κ3) is 4.96. The molecule has 0 aromatic carbocycles. The predicted molar refractivity (Wildman–Crippen MR) is 77.7 cm³/mol. The van der Waals surface area contributed by atoms with E-state index >= 15 is 0 Å². The molecule has 0 aliphatic heterocycles. The minimum Gasteiger partial charge on any atom is -0.545 e. The number of halogens is 8. The first-order chi connectivity index (χ1) is 10.8. The van der Waals surface area contributed by atoms with E-state index in [9.17, 15) is 40.6 Å². The summed E-state index contributed by atoms with van der Waals surface area (Å²) in [5, 5.41) is 10.9. The standard InChI is InChI=1S/C14H12F7IO2/c15-12(16)7-9(22)8(10(11(23)24)14(12,20)21)5-3-1-2-4-6-13(17,18)19/h1-2,7H,3-6H2,(H,23,24)/p-1. The highest BCUT2D eigenvalue weighted by molar-refractivity contribution is 14.1. The van der Waals surface area contributed by atoms with Crippen molar-refractivity contribution in [2.45, 2.75) is 43.7 Å². The Morgan fingerprint density at radius 3 is 2.21 bits per heavy atom. The minimum atomic E-state index is -4.92. The quantitative estimate of drug-likeness (QED) is 0.329. The molecule has 0 saturated carbocycles. The monoisotopic (exact) mass is 471 g/mol. The van der Waals surface area contributed by atoms with Gasteiger partial charge in [0.1, 0.15) is 0 Å². The van der Waals surface area contributed by atoms with Gasteiger partial charge in [-0.25, -0.2) is 0 Å². The normalized spacial score (nSPS) is 20.4. The fraction of sp³-hybridized carbons (Fsp3) is 0.500. The number of hydrogen-bond acceptors (Lipinski definition) is 2. The smallest absolute Gasteiger partial charge is 0.389 e. The van der Waals surface area contributed by atoms with E-state index < -0.39 is 41.6 Å². The van der Waals surface area contributed by atoms with Crippen molar-refractivity contribution in [2.75, 3.05) is 0 Å². The van der Waals surface area contributed by atoms with Crippen molar-refractivity contribution < 1.29 is 40.6 Å². The molecule has 0 bridgehead atoms. The summed E-state index contributed by atoms with van der Waals surface area (Å²) in [4.78, 5) is 10.9. The Balaban J connectivity index is 2.89. The van der Waals surface area contributed by atoms with Crippen LogP contribution in [0.4, 0.5) is 30.7 Å². The van der Waals surface area contributed by atoms with Gasteiger partial charge in [0.05, 0.1) is 11.5 Å². The molecule has 0 spiro atoms. The summed E-state index contributed by atoms with van der Waals surface area (Å²) >= 11 is 1.31. The highest BCUT2D eigenvalue weighted by Gasteiger charge is 2.60. The maximum absolute atomic E-state index is 13.7. The molecular formula is C14H11F7IO2-. The van der Waals surface area contributed by atoms with E-state index in [0.29, 0.717) is 0 Å². The number of rotatable bonds is 6. The zero-order valence-electron chi connectivity index (χ0n) is 11.9.